The molecule has 0 atom stereocenters. The Bertz CT molecular complexity index is 770. The second-order valence-corrected chi connectivity index (χ2v) is 7.88. The van der Waals surface area contributed by atoms with Crippen LogP contribution in [0.5, 0.6) is 0 Å². The molecule has 0 aliphatic carbocycles. The first-order valence-electron chi connectivity index (χ1n) is 10.2. The summed E-state index contributed by atoms with van der Waals surface area (Å²) in [5, 5.41) is 3.00. The Morgan fingerprint density at radius 2 is 1.89 bits per heavy atom. The van der Waals surface area contributed by atoms with Gasteiger partial charge in [-0.3, -0.25) is 4.79 Å². The topological polar surface area (TPSA) is 61.4 Å². The van der Waals surface area contributed by atoms with Gasteiger partial charge in [0.15, 0.2) is 5.82 Å². The Hall–Kier alpha value is -2.47. The largest absolute Gasteiger partial charge is 0.356 e. The molecule has 0 unspecified atom stereocenters. The lowest BCUT2D eigenvalue weighted by Crippen LogP contribution is -2.34. The maximum absolute atomic E-state index is 12.7. The number of hydrogen-bond donors (Lipinski definition) is 1. The Morgan fingerprint density at radius 3 is 2.57 bits per heavy atom. The molecular formula is C22H31N5O. The Labute approximate surface area is 168 Å². The minimum atomic E-state index is -0.134. The number of benzene rings is 1. The number of aromatic nitrogens is 2. The Kier molecular flexibility index (Phi) is 6.98. The van der Waals surface area contributed by atoms with E-state index < -0.39 is 0 Å². The SMILES string of the molecule is CC1CCN(c2cc(C(=O)NCCCN(C)C)nc(-c3ccccc3)n2)CC1. The maximum Gasteiger partial charge on any atom is 0.270 e. The predicted molar refractivity (Wildman–Crippen MR) is 114 cm³/mol. The number of nitrogens with one attached hydrogen (secondary N) is 1. The van der Waals surface area contributed by atoms with Crippen LogP contribution in [0.1, 0.15) is 36.7 Å². The molecule has 1 aromatic carbocycles. The van der Waals surface area contributed by atoms with E-state index in [1.54, 1.807) is 0 Å². The van der Waals surface area contributed by atoms with Crippen molar-refractivity contribution < 1.29 is 4.79 Å². The van der Waals surface area contributed by atoms with Gasteiger partial charge < -0.3 is 15.1 Å². The number of piperidine rings is 1. The second-order valence-electron chi connectivity index (χ2n) is 7.88. The number of hydrogen-bond acceptors (Lipinski definition) is 5. The summed E-state index contributed by atoms with van der Waals surface area (Å²) in [4.78, 5) is 26.5. The highest BCUT2D eigenvalue weighted by atomic mass is 16.1. The van der Waals surface area contributed by atoms with Crippen LogP contribution in [0.15, 0.2) is 36.4 Å². The number of anilines is 1. The van der Waals surface area contributed by atoms with E-state index in [2.05, 4.69) is 27.0 Å². The van der Waals surface area contributed by atoms with Crippen LogP contribution in [0.4, 0.5) is 5.82 Å². The summed E-state index contributed by atoms with van der Waals surface area (Å²) in [6.07, 6.45) is 3.21. The van der Waals surface area contributed by atoms with Crippen molar-refractivity contribution in [2.45, 2.75) is 26.2 Å². The van der Waals surface area contributed by atoms with Gasteiger partial charge in [0.05, 0.1) is 0 Å². The Balaban J connectivity index is 1.82. The van der Waals surface area contributed by atoms with Gasteiger partial charge in [-0.05, 0) is 45.8 Å². The van der Waals surface area contributed by atoms with E-state index in [4.69, 9.17) is 4.98 Å². The zero-order valence-electron chi connectivity index (χ0n) is 17.2. The van der Waals surface area contributed by atoms with Crippen LogP contribution in [0.2, 0.25) is 0 Å². The van der Waals surface area contributed by atoms with Gasteiger partial charge >= 0.3 is 0 Å². The van der Waals surface area contributed by atoms with Crippen molar-refractivity contribution in [2.24, 2.45) is 5.92 Å². The molecule has 6 heteroatoms. The highest BCUT2D eigenvalue weighted by Crippen LogP contribution is 2.24. The third-order valence-corrected chi connectivity index (χ3v) is 5.15. The van der Waals surface area contributed by atoms with E-state index in [0.29, 0.717) is 18.1 Å². The fourth-order valence-corrected chi connectivity index (χ4v) is 3.35. The van der Waals surface area contributed by atoms with Crippen LogP contribution in [-0.2, 0) is 0 Å². The van der Waals surface area contributed by atoms with Gasteiger partial charge in [0.25, 0.3) is 5.91 Å². The van der Waals surface area contributed by atoms with Crippen molar-refractivity contribution in [1.82, 2.24) is 20.2 Å². The lowest BCUT2D eigenvalue weighted by atomic mass is 9.99. The standard InChI is InChI=1S/C22H31N5O/c1-17-10-14-27(15-11-17)20-16-19(22(28)23-12-7-13-26(2)3)24-21(25-20)18-8-5-4-6-9-18/h4-6,8-9,16-17H,7,10-15H2,1-3H3,(H,23,28). The lowest BCUT2D eigenvalue weighted by Gasteiger charge is -2.31. The van der Waals surface area contributed by atoms with E-state index in [0.717, 1.165) is 56.2 Å². The minimum Gasteiger partial charge on any atom is -0.356 e. The normalized spacial score (nSPS) is 15.1. The molecule has 1 fully saturated rings. The van der Waals surface area contributed by atoms with Crippen molar-refractivity contribution in [3.63, 3.8) is 0 Å². The average Bonchev–Trinajstić information content (AvgIpc) is 2.72. The first-order valence-corrected chi connectivity index (χ1v) is 10.2. The maximum atomic E-state index is 12.7. The quantitative estimate of drug-likeness (QED) is 0.747. The van der Waals surface area contributed by atoms with E-state index in [1.807, 2.05) is 50.5 Å². The zero-order chi connectivity index (χ0) is 19.9. The van der Waals surface area contributed by atoms with Crippen LogP contribution in [0.3, 0.4) is 0 Å². The monoisotopic (exact) mass is 381 g/mol. The van der Waals surface area contributed by atoms with Crippen molar-refractivity contribution in [2.75, 3.05) is 45.2 Å². The molecule has 1 N–H and O–H groups in total. The molecule has 0 bridgehead atoms. The minimum absolute atomic E-state index is 0.134. The van der Waals surface area contributed by atoms with Gasteiger partial charge in [0.2, 0.25) is 0 Å². The van der Waals surface area contributed by atoms with Crippen LogP contribution in [0, 0.1) is 5.92 Å². The molecular weight excluding hydrogens is 350 g/mol. The van der Waals surface area contributed by atoms with E-state index in [9.17, 15) is 4.79 Å². The number of nitrogens with zero attached hydrogens (tertiary/aromatic N) is 4. The van der Waals surface area contributed by atoms with Crippen molar-refractivity contribution in [1.29, 1.82) is 0 Å². The van der Waals surface area contributed by atoms with E-state index >= 15 is 0 Å². The molecule has 1 amide bonds. The fraction of sp³-hybridized carbons (Fsp3) is 0.500. The molecule has 28 heavy (non-hydrogen) atoms. The highest BCUT2D eigenvalue weighted by molar-refractivity contribution is 5.93. The third-order valence-electron chi connectivity index (χ3n) is 5.15. The summed E-state index contributed by atoms with van der Waals surface area (Å²) in [7, 11) is 4.06. The van der Waals surface area contributed by atoms with Crippen LogP contribution < -0.4 is 10.2 Å². The number of carbonyl (C=O) groups is 1. The molecule has 1 aliphatic heterocycles. The Morgan fingerprint density at radius 1 is 1.18 bits per heavy atom. The molecule has 0 spiro atoms. The number of rotatable bonds is 7. The van der Waals surface area contributed by atoms with Crippen molar-refractivity contribution in [3.8, 4) is 11.4 Å². The fourth-order valence-electron chi connectivity index (χ4n) is 3.35. The van der Waals surface area contributed by atoms with E-state index in [-0.39, 0.29) is 5.91 Å². The third kappa shape index (κ3) is 5.52. The summed E-state index contributed by atoms with van der Waals surface area (Å²) in [6, 6.07) is 11.7. The molecule has 1 aromatic heterocycles. The first kappa shape index (κ1) is 20.3. The average molecular weight is 382 g/mol. The molecule has 0 saturated carbocycles. The summed E-state index contributed by atoms with van der Waals surface area (Å²) in [5.74, 6) is 2.06. The van der Waals surface area contributed by atoms with Crippen LogP contribution in [0.25, 0.3) is 11.4 Å². The van der Waals surface area contributed by atoms with Crippen molar-refractivity contribution >= 4 is 11.7 Å². The van der Waals surface area contributed by atoms with Crippen LogP contribution >= 0.6 is 0 Å². The van der Waals surface area contributed by atoms with Gasteiger partial charge in [0.1, 0.15) is 11.5 Å². The lowest BCUT2D eigenvalue weighted by molar-refractivity contribution is 0.0947. The van der Waals surface area contributed by atoms with Crippen molar-refractivity contribution in [3.05, 3.63) is 42.1 Å². The molecule has 1 saturated heterocycles. The summed E-state index contributed by atoms with van der Waals surface area (Å²) in [6.45, 7) is 5.81. The van der Waals surface area contributed by atoms with Gasteiger partial charge in [0, 0.05) is 31.3 Å². The van der Waals surface area contributed by atoms with Gasteiger partial charge in [-0.1, -0.05) is 37.3 Å². The molecule has 3 rings (SSSR count). The smallest absolute Gasteiger partial charge is 0.270 e. The second kappa shape index (κ2) is 9.64. The molecule has 2 heterocycles. The van der Waals surface area contributed by atoms with Crippen LogP contribution in [-0.4, -0.2) is 61.0 Å². The van der Waals surface area contributed by atoms with Gasteiger partial charge in [-0.2, -0.15) is 0 Å². The number of carbonyl (C=O) groups excluding carboxylic acids is 1. The summed E-state index contributed by atoms with van der Waals surface area (Å²) in [5.41, 5.74) is 1.36. The highest BCUT2D eigenvalue weighted by Gasteiger charge is 2.20. The number of amides is 1. The van der Waals surface area contributed by atoms with Gasteiger partial charge in [-0.15, -0.1) is 0 Å². The summed E-state index contributed by atoms with van der Waals surface area (Å²) >= 11 is 0. The summed E-state index contributed by atoms with van der Waals surface area (Å²) < 4.78 is 0. The molecule has 0 radical (unpaired) electrons. The first-order chi connectivity index (χ1) is 13.5. The predicted octanol–water partition coefficient (Wildman–Crippen LogP) is 3.06. The molecule has 150 valence electrons. The molecule has 2 aromatic rings. The van der Waals surface area contributed by atoms with E-state index in [1.165, 1.54) is 0 Å². The molecule has 1 aliphatic rings. The zero-order valence-corrected chi connectivity index (χ0v) is 17.2. The van der Waals surface area contributed by atoms with Gasteiger partial charge in [-0.25, -0.2) is 9.97 Å². The molecule has 6 nitrogen and oxygen atoms in total.